The van der Waals surface area contributed by atoms with Crippen molar-refractivity contribution in [1.82, 2.24) is 9.21 Å². The number of carboxylic acids is 1. The molecule has 36 heavy (non-hydrogen) atoms. The van der Waals surface area contributed by atoms with Crippen molar-refractivity contribution < 1.29 is 36.2 Å². The molecule has 1 aliphatic carbocycles. The van der Waals surface area contributed by atoms with Crippen molar-refractivity contribution in [3.05, 3.63) is 60.2 Å². The number of sulfonamides is 1. The number of carbonyl (C=O) groups is 1. The zero-order valence-electron chi connectivity index (χ0n) is 19.6. The summed E-state index contributed by atoms with van der Waals surface area (Å²) in [6.07, 6.45) is -1.29. The summed E-state index contributed by atoms with van der Waals surface area (Å²) in [6, 6.07) is 17.5. The van der Waals surface area contributed by atoms with Crippen LogP contribution in [0.5, 0.6) is 5.75 Å². The summed E-state index contributed by atoms with van der Waals surface area (Å²) in [7, 11) is -3.55. The molecule has 2 aromatic carbocycles. The van der Waals surface area contributed by atoms with E-state index in [0.717, 1.165) is 45.3 Å². The molecule has 2 heterocycles. The second kappa shape index (κ2) is 10.8. The van der Waals surface area contributed by atoms with Gasteiger partial charge in [0.2, 0.25) is 10.0 Å². The van der Waals surface area contributed by atoms with Gasteiger partial charge >= 0.3 is 12.1 Å². The number of alkyl halides is 3. The van der Waals surface area contributed by atoms with Gasteiger partial charge in [0.1, 0.15) is 16.7 Å². The molecule has 3 aliphatic rings. The van der Waals surface area contributed by atoms with Crippen LogP contribution in [0.25, 0.3) is 0 Å². The van der Waals surface area contributed by atoms with E-state index in [2.05, 4.69) is 29.2 Å². The molecule has 0 radical (unpaired) electrons. The average molecular weight is 527 g/mol. The topological polar surface area (TPSA) is 87.1 Å². The van der Waals surface area contributed by atoms with Gasteiger partial charge in [-0.3, -0.25) is 4.90 Å². The Bertz CT molecular complexity index is 1160. The third kappa shape index (κ3) is 6.37. The minimum Gasteiger partial charge on any atom is -0.487 e. The maximum atomic E-state index is 13.6. The number of ether oxygens (including phenoxy) is 1. The number of benzene rings is 2. The molecule has 2 atom stereocenters. The number of hydrogen-bond acceptors (Lipinski definition) is 5. The van der Waals surface area contributed by atoms with Crippen LogP contribution in [-0.4, -0.2) is 66.7 Å². The Kier molecular flexibility index (Phi) is 7.91. The summed E-state index contributed by atoms with van der Waals surface area (Å²) in [5.41, 5.74) is 1.29. The van der Waals surface area contributed by atoms with Crippen LogP contribution in [0.2, 0.25) is 0 Å². The number of aliphatic carboxylic acids is 1. The quantitative estimate of drug-likeness (QED) is 0.644. The van der Waals surface area contributed by atoms with Crippen molar-refractivity contribution in [3.8, 4) is 5.75 Å². The fourth-order valence-electron chi connectivity index (χ4n) is 4.60. The van der Waals surface area contributed by atoms with Gasteiger partial charge in [0.15, 0.2) is 0 Å². The first-order valence-electron chi connectivity index (χ1n) is 11.9. The molecule has 2 aromatic rings. The molecule has 0 spiro atoms. The van der Waals surface area contributed by atoms with Crippen molar-refractivity contribution >= 4 is 16.0 Å². The molecule has 1 N–H and O–H groups in total. The van der Waals surface area contributed by atoms with Crippen LogP contribution in [-0.2, 0) is 21.4 Å². The Balaban J connectivity index is 0.000000384. The minimum atomic E-state index is -5.08. The lowest BCUT2D eigenvalue weighted by Gasteiger charge is -2.31. The molecule has 0 bridgehead atoms. The highest BCUT2D eigenvalue weighted by molar-refractivity contribution is 7.89. The lowest BCUT2D eigenvalue weighted by atomic mass is 10.1. The third-order valence-corrected chi connectivity index (χ3v) is 8.54. The Morgan fingerprint density at radius 2 is 1.58 bits per heavy atom. The van der Waals surface area contributed by atoms with E-state index in [9.17, 15) is 21.6 Å². The number of carboxylic acid groups (broad SMARTS) is 1. The summed E-state index contributed by atoms with van der Waals surface area (Å²) < 4.78 is 67.0. The van der Waals surface area contributed by atoms with Gasteiger partial charge in [0.05, 0.1) is 6.04 Å². The SMILES string of the molecule is O=C(O)C(F)(F)F.O=S1(=O)c2ccccc2O[C@H]2CCN(Cc3ccccc3)CC[C@@H]2N1CC1CC1. The molecular formula is C25H29F3N2O5S. The fraction of sp³-hybridized carbons (Fsp3) is 0.480. The molecule has 7 nitrogen and oxygen atoms in total. The van der Waals surface area contributed by atoms with Crippen LogP contribution < -0.4 is 4.74 Å². The van der Waals surface area contributed by atoms with Crippen molar-refractivity contribution in [2.75, 3.05) is 19.6 Å². The normalized spacial score (nSPS) is 24.1. The highest BCUT2D eigenvalue weighted by Gasteiger charge is 2.45. The molecule has 0 aromatic heterocycles. The largest absolute Gasteiger partial charge is 0.490 e. The lowest BCUT2D eigenvalue weighted by molar-refractivity contribution is -0.192. The molecule has 1 saturated heterocycles. The van der Waals surface area contributed by atoms with Gasteiger partial charge in [0, 0.05) is 26.2 Å². The van der Waals surface area contributed by atoms with E-state index in [-0.39, 0.29) is 12.1 Å². The number of rotatable bonds is 4. The summed E-state index contributed by atoms with van der Waals surface area (Å²) >= 11 is 0. The first-order chi connectivity index (χ1) is 17.1. The van der Waals surface area contributed by atoms with Gasteiger partial charge < -0.3 is 9.84 Å². The molecule has 196 valence electrons. The van der Waals surface area contributed by atoms with E-state index < -0.39 is 22.2 Å². The van der Waals surface area contributed by atoms with Crippen LogP contribution in [0.15, 0.2) is 59.5 Å². The predicted octanol–water partition coefficient (Wildman–Crippen LogP) is 4.15. The molecule has 2 fully saturated rings. The Morgan fingerprint density at radius 1 is 0.972 bits per heavy atom. The van der Waals surface area contributed by atoms with Crippen LogP contribution >= 0.6 is 0 Å². The van der Waals surface area contributed by atoms with Gasteiger partial charge in [-0.1, -0.05) is 42.5 Å². The maximum absolute atomic E-state index is 13.6. The number of nitrogens with zero attached hydrogens (tertiary/aromatic N) is 2. The number of halogens is 3. The molecule has 1 saturated carbocycles. The van der Waals surface area contributed by atoms with Crippen LogP contribution in [0.1, 0.15) is 31.2 Å². The Hall–Kier alpha value is -2.63. The van der Waals surface area contributed by atoms with E-state index in [4.69, 9.17) is 14.6 Å². The number of likely N-dealkylation sites (tertiary alicyclic amines) is 1. The van der Waals surface area contributed by atoms with Crippen LogP contribution in [0, 0.1) is 5.92 Å². The van der Waals surface area contributed by atoms with E-state index in [1.54, 1.807) is 22.5 Å². The number of fused-ring (bicyclic) bond motifs is 2. The zero-order chi connectivity index (χ0) is 25.9. The van der Waals surface area contributed by atoms with Crippen molar-refractivity contribution in [2.45, 2.75) is 55.4 Å². The van der Waals surface area contributed by atoms with E-state index in [1.165, 1.54) is 5.56 Å². The molecule has 0 amide bonds. The number of para-hydroxylation sites is 1. The zero-order valence-corrected chi connectivity index (χ0v) is 20.4. The van der Waals surface area contributed by atoms with Crippen LogP contribution in [0.4, 0.5) is 13.2 Å². The highest BCUT2D eigenvalue weighted by atomic mass is 32.2. The van der Waals surface area contributed by atoms with Gasteiger partial charge in [-0.15, -0.1) is 0 Å². The van der Waals surface area contributed by atoms with Gasteiger partial charge in [0.25, 0.3) is 0 Å². The summed E-state index contributed by atoms with van der Waals surface area (Å²) in [5, 5.41) is 7.12. The van der Waals surface area contributed by atoms with Gasteiger partial charge in [-0.2, -0.15) is 17.5 Å². The summed E-state index contributed by atoms with van der Waals surface area (Å²) in [5.74, 6) is -1.75. The van der Waals surface area contributed by atoms with Crippen LogP contribution in [0.3, 0.4) is 0 Å². The average Bonchev–Trinajstić information content (AvgIpc) is 3.67. The molecule has 2 aliphatic heterocycles. The molecule has 11 heteroatoms. The fourth-order valence-corrected chi connectivity index (χ4v) is 6.48. The molecule has 5 rings (SSSR count). The summed E-state index contributed by atoms with van der Waals surface area (Å²) in [4.78, 5) is 11.7. The standard InChI is InChI=1S/C23H28N2O3S.C2HF3O2/c26-29(27)23-9-5-4-8-22(23)28-21-13-15-24(16-18-6-2-1-3-7-18)14-12-20(21)25(29)17-19-10-11-19;3-2(4,5)1(6)7/h1-9,19-21H,10-17H2;(H,6,7)/t20-,21-;/m0./s1. The van der Waals surface area contributed by atoms with Gasteiger partial charge in [-0.25, -0.2) is 13.2 Å². The van der Waals surface area contributed by atoms with E-state index in [1.807, 2.05) is 12.1 Å². The van der Waals surface area contributed by atoms with E-state index in [0.29, 0.717) is 23.1 Å². The number of hydrogen-bond donors (Lipinski definition) is 1. The smallest absolute Gasteiger partial charge is 0.487 e. The van der Waals surface area contributed by atoms with Crippen molar-refractivity contribution in [1.29, 1.82) is 0 Å². The molecule has 0 unspecified atom stereocenters. The third-order valence-electron chi connectivity index (χ3n) is 6.61. The molecular weight excluding hydrogens is 497 g/mol. The highest BCUT2D eigenvalue weighted by Crippen LogP contribution is 2.40. The van der Waals surface area contributed by atoms with Crippen molar-refractivity contribution in [2.24, 2.45) is 5.92 Å². The maximum Gasteiger partial charge on any atom is 0.490 e. The Morgan fingerprint density at radius 3 is 2.22 bits per heavy atom. The van der Waals surface area contributed by atoms with Crippen molar-refractivity contribution in [3.63, 3.8) is 0 Å². The first kappa shape index (κ1) is 26.4. The second-order valence-electron chi connectivity index (χ2n) is 9.33. The summed E-state index contributed by atoms with van der Waals surface area (Å²) in [6.45, 7) is 3.31. The van der Waals surface area contributed by atoms with Gasteiger partial charge in [-0.05, 0) is 49.3 Å². The second-order valence-corrected chi connectivity index (χ2v) is 11.2. The van der Waals surface area contributed by atoms with E-state index >= 15 is 0 Å². The monoisotopic (exact) mass is 526 g/mol. The lowest BCUT2D eigenvalue weighted by Crippen LogP contribution is -2.48. The first-order valence-corrected chi connectivity index (χ1v) is 13.3. The Labute approximate surface area is 208 Å². The predicted molar refractivity (Wildman–Crippen MR) is 126 cm³/mol. The minimum absolute atomic E-state index is 0.103.